The Kier molecular flexibility index (Phi) is 4.68. The summed E-state index contributed by atoms with van der Waals surface area (Å²) in [5.74, 6) is -0.515. The number of hydrogen-bond acceptors (Lipinski definition) is 4. The summed E-state index contributed by atoms with van der Waals surface area (Å²) in [6.45, 7) is 1.90. The number of aromatic nitrogens is 2. The van der Waals surface area contributed by atoms with E-state index >= 15 is 0 Å². The molecule has 0 radical (unpaired) electrons. The molecule has 4 nitrogen and oxygen atoms in total. The fraction of sp³-hybridized carbons (Fsp3) is 0.214. The standard InChI is InChI=1S/C14H14FN3OS/c1-9(10-5-3-4-6-11(10)15)20-13-8-7-12(17-18-13)14(19)16-2/h3-9H,1-2H3,(H,16,19)/t9-/m1/s1. The highest BCUT2D eigenvalue weighted by Crippen LogP contribution is 2.34. The van der Waals surface area contributed by atoms with E-state index in [9.17, 15) is 9.18 Å². The van der Waals surface area contributed by atoms with E-state index in [4.69, 9.17) is 0 Å². The summed E-state index contributed by atoms with van der Waals surface area (Å²) in [6.07, 6.45) is 0. The Morgan fingerprint density at radius 3 is 2.60 bits per heavy atom. The first-order valence-electron chi connectivity index (χ1n) is 6.08. The van der Waals surface area contributed by atoms with Crippen LogP contribution >= 0.6 is 11.8 Å². The first-order valence-corrected chi connectivity index (χ1v) is 6.96. The molecule has 1 aromatic carbocycles. The molecule has 1 heterocycles. The molecule has 2 aromatic rings. The van der Waals surface area contributed by atoms with Gasteiger partial charge in [0.2, 0.25) is 0 Å². The molecular formula is C14H14FN3OS. The number of carbonyl (C=O) groups is 1. The van der Waals surface area contributed by atoms with E-state index in [-0.39, 0.29) is 22.7 Å². The van der Waals surface area contributed by atoms with Gasteiger partial charge in [-0.3, -0.25) is 4.79 Å². The summed E-state index contributed by atoms with van der Waals surface area (Å²) >= 11 is 1.39. The lowest BCUT2D eigenvalue weighted by atomic mass is 10.1. The Hall–Kier alpha value is -1.95. The van der Waals surface area contributed by atoms with E-state index in [1.54, 1.807) is 30.3 Å². The van der Waals surface area contributed by atoms with Crippen molar-refractivity contribution in [3.8, 4) is 0 Å². The van der Waals surface area contributed by atoms with Crippen molar-refractivity contribution < 1.29 is 9.18 Å². The Balaban J connectivity index is 2.10. The van der Waals surface area contributed by atoms with Crippen LogP contribution in [0.1, 0.15) is 28.2 Å². The van der Waals surface area contributed by atoms with Crippen molar-refractivity contribution in [1.82, 2.24) is 15.5 Å². The van der Waals surface area contributed by atoms with Crippen LogP contribution in [0, 0.1) is 5.82 Å². The molecule has 1 N–H and O–H groups in total. The van der Waals surface area contributed by atoms with Gasteiger partial charge in [0.1, 0.15) is 10.8 Å². The van der Waals surface area contributed by atoms with E-state index in [1.165, 1.54) is 24.9 Å². The molecular weight excluding hydrogens is 277 g/mol. The quantitative estimate of drug-likeness (QED) is 0.880. The van der Waals surface area contributed by atoms with Crippen molar-refractivity contribution in [2.75, 3.05) is 7.05 Å². The average Bonchev–Trinajstić information content (AvgIpc) is 2.47. The number of halogens is 1. The lowest BCUT2D eigenvalue weighted by Crippen LogP contribution is -2.19. The molecule has 0 fully saturated rings. The average molecular weight is 291 g/mol. The summed E-state index contributed by atoms with van der Waals surface area (Å²) in [4.78, 5) is 11.3. The second-order valence-corrected chi connectivity index (χ2v) is 5.48. The molecule has 0 saturated heterocycles. The molecule has 104 valence electrons. The van der Waals surface area contributed by atoms with Gasteiger partial charge in [-0.2, -0.15) is 0 Å². The summed E-state index contributed by atoms with van der Waals surface area (Å²) in [5, 5.41) is 10.9. The molecule has 0 bridgehead atoms. The lowest BCUT2D eigenvalue weighted by Gasteiger charge is -2.11. The highest BCUT2D eigenvalue weighted by Gasteiger charge is 2.13. The summed E-state index contributed by atoms with van der Waals surface area (Å²) in [5.41, 5.74) is 0.880. The Morgan fingerprint density at radius 1 is 1.25 bits per heavy atom. The zero-order valence-corrected chi connectivity index (χ0v) is 11.9. The van der Waals surface area contributed by atoms with Crippen LogP contribution in [0.5, 0.6) is 0 Å². The maximum Gasteiger partial charge on any atom is 0.271 e. The zero-order valence-electron chi connectivity index (χ0n) is 11.1. The molecule has 0 unspecified atom stereocenters. The normalized spacial score (nSPS) is 11.9. The summed E-state index contributed by atoms with van der Waals surface area (Å²) in [7, 11) is 1.53. The van der Waals surface area contributed by atoms with Crippen molar-refractivity contribution >= 4 is 17.7 Å². The molecule has 1 atom stereocenters. The van der Waals surface area contributed by atoms with Gasteiger partial charge in [0.15, 0.2) is 5.69 Å². The predicted octanol–water partition coefficient (Wildman–Crippen LogP) is 2.83. The highest BCUT2D eigenvalue weighted by molar-refractivity contribution is 7.99. The van der Waals surface area contributed by atoms with Crippen LogP contribution < -0.4 is 5.32 Å². The first kappa shape index (κ1) is 14.5. The van der Waals surface area contributed by atoms with E-state index in [1.807, 2.05) is 6.92 Å². The molecule has 0 saturated carbocycles. The monoisotopic (exact) mass is 291 g/mol. The van der Waals surface area contributed by atoms with Crippen LogP contribution in [0.2, 0.25) is 0 Å². The molecule has 6 heteroatoms. The SMILES string of the molecule is CNC(=O)c1ccc(S[C@H](C)c2ccccc2F)nn1. The maximum absolute atomic E-state index is 13.7. The Labute approximate surface area is 120 Å². The van der Waals surface area contributed by atoms with Crippen LogP contribution in [0.4, 0.5) is 4.39 Å². The highest BCUT2D eigenvalue weighted by atomic mass is 32.2. The fourth-order valence-corrected chi connectivity index (χ4v) is 2.60. The third-order valence-corrected chi connectivity index (χ3v) is 3.81. The van der Waals surface area contributed by atoms with E-state index < -0.39 is 0 Å². The lowest BCUT2D eigenvalue weighted by molar-refractivity contribution is 0.0957. The molecule has 2 rings (SSSR count). The topological polar surface area (TPSA) is 54.9 Å². The summed E-state index contributed by atoms with van der Waals surface area (Å²) in [6, 6.07) is 9.96. The van der Waals surface area contributed by atoms with Crippen LogP contribution in [-0.4, -0.2) is 23.2 Å². The van der Waals surface area contributed by atoms with Crippen molar-refractivity contribution in [3.05, 3.63) is 53.5 Å². The van der Waals surface area contributed by atoms with Gasteiger partial charge >= 0.3 is 0 Å². The minimum Gasteiger partial charge on any atom is -0.354 e. The second kappa shape index (κ2) is 6.47. The third-order valence-electron chi connectivity index (χ3n) is 2.74. The fourth-order valence-electron chi connectivity index (χ4n) is 1.68. The van der Waals surface area contributed by atoms with E-state index in [0.29, 0.717) is 10.6 Å². The molecule has 20 heavy (non-hydrogen) atoms. The van der Waals surface area contributed by atoms with Gasteiger partial charge in [-0.1, -0.05) is 30.0 Å². The van der Waals surface area contributed by atoms with Gasteiger partial charge in [-0.25, -0.2) is 4.39 Å². The zero-order chi connectivity index (χ0) is 14.5. The number of amides is 1. The first-order chi connectivity index (χ1) is 9.61. The van der Waals surface area contributed by atoms with Gasteiger partial charge in [-0.05, 0) is 25.1 Å². The van der Waals surface area contributed by atoms with Gasteiger partial charge < -0.3 is 5.32 Å². The third kappa shape index (κ3) is 3.33. The van der Waals surface area contributed by atoms with Crippen LogP contribution in [-0.2, 0) is 0 Å². The summed E-state index contributed by atoms with van der Waals surface area (Å²) < 4.78 is 13.7. The smallest absolute Gasteiger partial charge is 0.271 e. The molecule has 1 amide bonds. The minimum atomic E-state index is -0.281. The van der Waals surface area contributed by atoms with Crippen molar-refractivity contribution in [3.63, 3.8) is 0 Å². The van der Waals surface area contributed by atoms with E-state index in [0.717, 1.165) is 0 Å². The largest absolute Gasteiger partial charge is 0.354 e. The van der Waals surface area contributed by atoms with Crippen LogP contribution in [0.15, 0.2) is 41.4 Å². The predicted molar refractivity (Wildman–Crippen MR) is 76.1 cm³/mol. The van der Waals surface area contributed by atoms with Gasteiger partial charge in [0.05, 0.1) is 0 Å². The number of rotatable bonds is 4. The Bertz CT molecular complexity index is 604. The minimum absolute atomic E-state index is 0.0867. The number of nitrogens with one attached hydrogen (secondary N) is 1. The van der Waals surface area contributed by atoms with Crippen molar-refractivity contribution in [2.24, 2.45) is 0 Å². The molecule has 0 aliphatic carbocycles. The number of nitrogens with zero attached hydrogens (tertiary/aromatic N) is 2. The molecule has 0 spiro atoms. The molecule has 0 aliphatic rings. The number of carbonyl (C=O) groups excluding carboxylic acids is 1. The number of hydrogen-bond donors (Lipinski definition) is 1. The van der Waals surface area contributed by atoms with Crippen LogP contribution in [0.3, 0.4) is 0 Å². The van der Waals surface area contributed by atoms with Gasteiger partial charge in [0.25, 0.3) is 5.91 Å². The van der Waals surface area contributed by atoms with Crippen molar-refractivity contribution in [2.45, 2.75) is 17.2 Å². The van der Waals surface area contributed by atoms with Gasteiger partial charge in [-0.15, -0.1) is 10.2 Å². The van der Waals surface area contributed by atoms with Gasteiger partial charge in [0, 0.05) is 17.9 Å². The molecule has 0 aliphatic heterocycles. The number of thioether (sulfide) groups is 1. The maximum atomic E-state index is 13.7. The van der Waals surface area contributed by atoms with Crippen molar-refractivity contribution in [1.29, 1.82) is 0 Å². The number of benzene rings is 1. The van der Waals surface area contributed by atoms with E-state index in [2.05, 4.69) is 15.5 Å². The van der Waals surface area contributed by atoms with Crippen LogP contribution in [0.25, 0.3) is 0 Å². The Morgan fingerprint density at radius 2 is 2.00 bits per heavy atom. The molecule has 1 aromatic heterocycles. The second-order valence-electron chi connectivity index (χ2n) is 4.12.